The van der Waals surface area contributed by atoms with Crippen LogP contribution in [0, 0.1) is 18.3 Å². The van der Waals surface area contributed by atoms with Crippen molar-refractivity contribution in [2.75, 3.05) is 11.9 Å². The molecule has 0 saturated carbocycles. The van der Waals surface area contributed by atoms with E-state index in [4.69, 9.17) is 9.47 Å². The van der Waals surface area contributed by atoms with Crippen LogP contribution in [-0.2, 0) is 11.4 Å². The van der Waals surface area contributed by atoms with Crippen LogP contribution in [0.15, 0.2) is 75.2 Å². The van der Waals surface area contributed by atoms with Gasteiger partial charge in [0.05, 0.1) is 11.1 Å². The van der Waals surface area contributed by atoms with Gasteiger partial charge in [-0.2, -0.15) is 5.26 Å². The maximum Gasteiger partial charge on any atom is 0.266 e. The first kappa shape index (κ1) is 24.6. The molecule has 3 aromatic rings. The number of anilines is 1. The summed E-state index contributed by atoms with van der Waals surface area (Å²) in [5.41, 5.74) is 3.25. The van der Waals surface area contributed by atoms with Crippen molar-refractivity contribution in [3.05, 3.63) is 91.9 Å². The molecule has 33 heavy (non-hydrogen) atoms. The second-order valence-corrected chi connectivity index (χ2v) is 8.85. The zero-order chi connectivity index (χ0) is 23.8. The number of amides is 1. The summed E-state index contributed by atoms with van der Waals surface area (Å²) in [6, 6.07) is 20.7. The number of nitriles is 1. The summed E-state index contributed by atoms with van der Waals surface area (Å²) in [4.78, 5) is 12.6. The van der Waals surface area contributed by atoms with Crippen molar-refractivity contribution < 1.29 is 14.3 Å². The normalized spacial score (nSPS) is 10.9. The highest BCUT2D eigenvalue weighted by Crippen LogP contribution is 2.38. The molecule has 0 heterocycles. The molecule has 3 rings (SSSR count). The predicted molar refractivity (Wildman–Crippen MR) is 137 cm³/mol. The number of halogens is 2. The van der Waals surface area contributed by atoms with Crippen molar-refractivity contribution in [3.8, 4) is 17.6 Å². The highest BCUT2D eigenvalue weighted by Gasteiger charge is 2.15. The van der Waals surface area contributed by atoms with E-state index in [0.29, 0.717) is 40.4 Å². The number of carbonyl (C=O) groups is 1. The number of carbonyl (C=O) groups excluding carboxylic acids is 1. The molecule has 0 aromatic heterocycles. The largest absolute Gasteiger partial charge is 0.490 e. The molecular formula is C26H22Br2N2O3. The Morgan fingerprint density at radius 3 is 2.55 bits per heavy atom. The van der Waals surface area contributed by atoms with Crippen molar-refractivity contribution in [3.63, 3.8) is 0 Å². The van der Waals surface area contributed by atoms with Gasteiger partial charge in [0.1, 0.15) is 18.2 Å². The van der Waals surface area contributed by atoms with Crippen LogP contribution in [0.25, 0.3) is 6.08 Å². The summed E-state index contributed by atoms with van der Waals surface area (Å²) in [5, 5.41) is 12.3. The number of hydrogen-bond donors (Lipinski definition) is 1. The zero-order valence-electron chi connectivity index (χ0n) is 18.2. The molecule has 1 N–H and O–H groups in total. The molecule has 0 atom stereocenters. The number of benzene rings is 3. The Morgan fingerprint density at radius 2 is 1.85 bits per heavy atom. The van der Waals surface area contributed by atoms with Crippen LogP contribution < -0.4 is 14.8 Å². The van der Waals surface area contributed by atoms with E-state index in [2.05, 4.69) is 37.2 Å². The second kappa shape index (κ2) is 11.7. The Hall–Kier alpha value is -3.08. The standard InChI is InChI=1S/C26H22Br2N2O3/c1-3-32-24-14-18(12-20(15-29)26(31)30-21-9-6-7-17(2)11-21)13-23(28)25(24)33-16-19-8-4-5-10-22(19)27/h4-14H,3,16H2,1-2H3,(H,30,31)/b20-12+. The molecule has 0 saturated heterocycles. The summed E-state index contributed by atoms with van der Waals surface area (Å²) in [6.45, 7) is 4.59. The molecule has 0 unspecified atom stereocenters. The van der Waals surface area contributed by atoms with Crippen molar-refractivity contribution in [2.24, 2.45) is 0 Å². The SMILES string of the molecule is CCOc1cc(/C=C(\C#N)C(=O)Nc2cccc(C)c2)cc(Br)c1OCc1ccccc1Br. The Bertz CT molecular complexity index is 1230. The topological polar surface area (TPSA) is 71.3 Å². The van der Waals surface area contributed by atoms with E-state index in [0.717, 1.165) is 15.6 Å². The Morgan fingerprint density at radius 1 is 1.06 bits per heavy atom. The first-order valence-electron chi connectivity index (χ1n) is 10.2. The van der Waals surface area contributed by atoms with Crippen LogP contribution in [0.5, 0.6) is 11.5 Å². The summed E-state index contributed by atoms with van der Waals surface area (Å²) < 4.78 is 13.4. The lowest BCUT2D eigenvalue weighted by molar-refractivity contribution is -0.112. The number of hydrogen-bond acceptors (Lipinski definition) is 4. The van der Waals surface area contributed by atoms with Crippen molar-refractivity contribution in [2.45, 2.75) is 20.5 Å². The smallest absolute Gasteiger partial charge is 0.266 e. The molecule has 3 aromatic carbocycles. The number of rotatable bonds is 8. The summed E-state index contributed by atoms with van der Waals surface area (Å²) in [7, 11) is 0. The van der Waals surface area contributed by atoms with Crippen LogP contribution in [0.3, 0.4) is 0 Å². The van der Waals surface area contributed by atoms with Gasteiger partial charge in [0.15, 0.2) is 11.5 Å². The fraction of sp³-hybridized carbons (Fsp3) is 0.154. The lowest BCUT2D eigenvalue weighted by Crippen LogP contribution is -2.13. The maximum absolute atomic E-state index is 12.6. The summed E-state index contributed by atoms with van der Waals surface area (Å²) in [6.07, 6.45) is 1.52. The van der Waals surface area contributed by atoms with Crippen LogP contribution in [0.1, 0.15) is 23.6 Å². The summed E-state index contributed by atoms with van der Waals surface area (Å²) >= 11 is 7.07. The number of nitrogens with one attached hydrogen (secondary N) is 1. The third-order valence-corrected chi connectivity index (χ3v) is 5.98. The Labute approximate surface area is 210 Å². The Balaban J connectivity index is 1.86. The Kier molecular flexibility index (Phi) is 8.70. The van der Waals surface area contributed by atoms with E-state index in [1.54, 1.807) is 18.2 Å². The van der Waals surface area contributed by atoms with Gasteiger partial charge >= 0.3 is 0 Å². The van der Waals surface area contributed by atoms with Crippen LogP contribution in [-0.4, -0.2) is 12.5 Å². The van der Waals surface area contributed by atoms with Crippen molar-refractivity contribution in [1.82, 2.24) is 0 Å². The maximum atomic E-state index is 12.6. The van der Waals surface area contributed by atoms with Gasteiger partial charge in [-0.05, 0) is 77.3 Å². The highest BCUT2D eigenvalue weighted by atomic mass is 79.9. The third kappa shape index (κ3) is 6.70. The quantitative estimate of drug-likeness (QED) is 0.233. The van der Waals surface area contributed by atoms with Crippen LogP contribution in [0.2, 0.25) is 0 Å². The molecular weight excluding hydrogens is 548 g/mol. The lowest BCUT2D eigenvalue weighted by Gasteiger charge is -2.15. The van der Waals surface area contributed by atoms with Gasteiger partial charge < -0.3 is 14.8 Å². The molecule has 0 aliphatic rings. The minimum absolute atomic E-state index is 0.0206. The van der Waals surface area contributed by atoms with Crippen molar-refractivity contribution >= 4 is 49.5 Å². The number of ether oxygens (including phenoxy) is 2. The van der Waals surface area contributed by atoms with Crippen LogP contribution in [0.4, 0.5) is 5.69 Å². The van der Waals surface area contributed by atoms with Gasteiger partial charge in [0.2, 0.25) is 0 Å². The molecule has 0 aliphatic carbocycles. The fourth-order valence-corrected chi connectivity index (χ4v) is 4.05. The van der Waals surface area contributed by atoms with E-state index in [1.807, 2.05) is 62.4 Å². The molecule has 0 aliphatic heterocycles. The average molecular weight is 570 g/mol. The fourth-order valence-electron chi connectivity index (χ4n) is 3.08. The third-order valence-electron chi connectivity index (χ3n) is 4.61. The van der Waals surface area contributed by atoms with E-state index in [-0.39, 0.29) is 5.57 Å². The van der Waals surface area contributed by atoms with E-state index < -0.39 is 5.91 Å². The molecule has 0 bridgehead atoms. The first-order chi connectivity index (χ1) is 15.9. The molecule has 1 amide bonds. The van der Waals surface area contributed by atoms with Gasteiger partial charge in [-0.25, -0.2) is 0 Å². The van der Waals surface area contributed by atoms with Crippen LogP contribution >= 0.6 is 31.9 Å². The minimum Gasteiger partial charge on any atom is -0.490 e. The van der Waals surface area contributed by atoms with Gasteiger partial charge in [0.25, 0.3) is 5.91 Å². The summed E-state index contributed by atoms with van der Waals surface area (Å²) in [5.74, 6) is 0.584. The molecule has 168 valence electrons. The first-order valence-corrected chi connectivity index (χ1v) is 11.8. The molecule has 7 heteroatoms. The molecule has 5 nitrogen and oxygen atoms in total. The predicted octanol–water partition coefficient (Wildman–Crippen LogP) is 7.04. The molecule has 0 fully saturated rings. The van der Waals surface area contributed by atoms with Crippen molar-refractivity contribution in [1.29, 1.82) is 5.26 Å². The number of aryl methyl sites for hydroxylation is 1. The van der Waals surface area contributed by atoms with E-state index >= 15 is 0 Å². The molecule has 0 spiro atoms. The zero-order valence-corrected chi connectivity index (χ0v) is 21.4. The van der Waals surface area contributed by atoms with Gasteiger partial charge in [-0.15, -0.1) is 0 Å². The van der Waals surface area contributed by atoms with E-state index in [9.17, 15) is 10.1 Å². The van der Waals surface area contributed by atoms with E-state index in [1.165, 1.54) is 6.08 Å². The highest BCUT2D eigenvalue weighted by molar-refractivity contribution is 9.10. The lowest BCUT2D eigenvalue weighted by atomic mass is 10.1. The van der Waals surface area contributed by atoms with Gasteiger partial charge in [-0.3, -0.25) is 4.79 Å². The van der Waals surface area contributed by atoms with Gasteiger partial charge in [0, 0.05) is 15.7 Å². The average Bonchev–Trinajstić information content (AvgIpc) is 2.78. The van der Waals surface area contributed by atoms with Gasteiger partial charge in [-0.1, -0.05) is 46.3 Å². The monoisotopic (exact) mass is 568 g/mol. The molecule has 0 radical (unpaired) electrons. The second-order valence-electron chi connectivity index (χ2n) is 7.14. The number of nitrogens with zero attached hydrogens (tertiary/aromatic N) is 1. The minimum atomic E-state index is -0.480.